The molecule has 0 atom stereocenters. The monoisotopic (exact) mass is 436 g/mol. The molecular weight excluding hydrogens is 412 g/mol. The number of ether oxygens (including phenoxy) is 1. The SMILES string of the molecule is CCN1C(=O)C(c2ccc([N+](=O)[O-])cc2)=C(N2CCN(c3ccccc3OC)CC2)C1=O. The molecule has 1 saturated heterocycles. The standard InChI is InChI=1S/C23H24N4O5/c1-3-26-22(28)20(16-8-10-17(11-9-16)27(30)31)21(23(26)29)25-14-12-24(13-15-25)18-6-4-5-7-19(18)32-2/h4-11H,3,12-15H2,1-2H3. The minimum Gasteiger partial charge on any atom is -0.495 e. The van der Waals surface area contributed by atoms with E-state index in [1.807, 2.05) is 29.2 Å². The number of nitrogens with zero attached hydrogens (tertiary/aromatic N) is 4. The molecule has 166 valence electrons. The lowest BCUT2D eigenvalue weighted by atomic mass is 10.0. The van der Waals surface area contributed by atoms with Gasteiger partial charge in [0, 0.05) is 44.9 Å². The molecule has 2 heterocycles. The van der Waals surface area contributed by atoms with E-state index >= 15 is 0 Å². The maximum atomic E-state index is 13.1. The Morgan fingerprint density at radius 1 is 0.938 bits per heavy atom. The van der Waals surface area contributed by atoms with Crippen LogP contribution in [0.25, 0.3) is 5.57 Å². The number of carbonyl (C=O) groups is 2. The van der Waals surface area contributed by atoms with Gasteiger partial charge in [-0.3, -0.25) is 24.6 Å². The minimum atomic E-state index is -0.490. The molecule has 0 aromatic heterocycles. The van der Waals surface area contributed by atoms with Gasteiger partial charge in [-0.2, -0.15) is 0 Å². The van der Waals surface area contributed by atoms with Gasteiger partial charge in [0.05, 0.1) is 23.3 Å². The van der Waals surface area contributed by atoms with Crippen molar-refractivity contribution in [2.75, 3.05) is 44.7 Å². The van der Waals surface area contributed by atoms with E-state index in [9.17, 15) is 19.7 Å². The summed E-state index contributed by atoms with van der Waals surface area (Å²) >= 11 is 0. The molecule has 1 fully saturated rings. The van der Waals surface area contributed by atoms with Gasteiger partial charge in [-0.25, -0.2) is 0 Å². The second-order valence-corrected chi connectivity index (χ2v) is 7.53. The number of piperazine rings is 1. The molecular formula is C23H24N4O5. The Morgan fingerprint density at radius 2 is 1.56 bits per heavy atom. The number of benzene rings is 2. The maximum absolute atomic E-state index is 13.1. The molecule has 2 aromatic rings. The Hall–Kier alpha value is -3.88. The summed E-state index contributed by atoms with van der Waals surface area (Å²) < 4.78 is 5.47. The summed E-state index contributed by atoms with van der Waals surface area (Å²) in [7, 11) is 1.64. The topological polar surface area (TPSA) is 96.2 Å². The number of nitro groups is 1. The van der Waals surface area contributed by atoms with Crippen LogP contribution in [0.15, 0.2) is 54.2 Å². The molecule has 0 aliphatic carbocycles. The zero-order chi connectivity index (χ0) is 22.8. The first kappa shape index (κ1) is 21.4. The van der Waals surface area contributed by atoms with Crippen LogP contribution in [0.2, 0.25) is 0 Å². The molecule has 0 radical (unpaired) electrons. The molecule has 2 aliphatic heterocycles. The van der Waals surface area contributed by atoms with Gasteiger partial charge >= 0.3 is 0 Å². The van der Waals surface area contributed by atoms with Crippen LogP contribution >= 0.6 is 0 Å². The highest BCUT2D eigenvalue weighted by Gasteiger charge is 2.41. The zero-order valence-corrected chi connectivity index (χ0v) is 18.0. The largest absolute Gasteiger partial charge is 0.495 e. The van der Waals surface area contributed by atoms with E-state index in [1.165, 1.54) is 29.2 Å². The third-order valence-electron chi connectivity index (χ3n) is 5.85. The number of hydrogen-bond acceptors (Lipinski definition) is 7. The van der Waals surface area contributed by atoms with Crippen LogP contribution < -0.4 is 9.64 Å². The Morgan fingerprint density at radius 3 is 2.16 bits per heavy atom. The van der Waals surface area contributed by atoms with Crippen molar-refractivity contribution in [3.8, 4) is 5.75 Å². The van der Waals surface area contributed by atoms with Gasteiger partial charge < -0.3 is 14.5 Å². The lowest BCUT2D eigenvalue weighted by molar-refractivity contribution is -0.384. The Balaban J connectivity index is 1.64. The van der Waals surface area contributed by atoms with E-state index in [0.29, 0.717) is 43.0 Å². The fourth-order valence-electron chi connectivity index (χ4n) is 4.22. The fourth-order valence-corrected chi connectivity index (χ4v) is 4.22. The molecule has 9 heteroatoms. The Kier molecular flexibility index (Phi) is 5.81. The first-order valence-electron chi connectivity index (χ1n) is 10.4. The molecule has 0 saturated carbocycles. The summed E-state index contributed by atoms with van der Waals surface area (Å²) in [5.41, 5.74) is 2.10. The molecule has 2 amide bonds. The number of anilines is 1. The number of amides is 2. The summed E-state index contributed by atoms with van der Waals surface area (Å²) in [5, 5.41) is 11.0. The highest BCUT2D eigenvalue weighted by atomic mass is 16.6. The average Bonchev–Trinajstić information content (AvgIpc) is 3.08. The van der Waals surface area contributed by atoms with Gasteiger partial charge in [0.1, 0.15) is 11.4 Å². The number of imide groups is 1. The van der Waals surface area contributed by atoms with Crippen LogP contribution in [0.1, 0.15) is 12.5 Å². The smallest absolute Gasteiger partial charge is 0.277 e. The number of carbonyl (C=O) groups excluding carboxylic acids is 2. The first-order chi connectivity index (χ1) is 15.5. The number of hydrogen-bond donors (Lipinski definition) is 0. The van der Waals surface area contributed by atoms with Crippen molar-refractivity contribution in [1.29, 1.82) is 0 Å². The van der Waals surface area contributed by atoms with E-state index < -0.39 is 4.92 Å². The molecule has 0 bridgehead atoms. The van der Waals surface area contributed by atoms with Crippen LogP contribution in [-0.2, 0) is 9.59 Å². The van der Waals surface area contributed by atoms with E-state index in [1.54, 1.807) is 14.0 Å². The fraction of sp³-hybridized carbons (Fsp3) is 0.304. The molecule has 9 nitrogen and oxygen atoms in total. The summed E-state index contributed by atoms with van der Waals surface area (Å²) in [6.07, 6.45) is 0. The summed E-state index contributed by atoms with van der Waals surface area (Å²) in [5.74, 6) is 0.0983. The number of nitro benzene ring substituents is 1. The van der Waals surface area contributed by atoms with Crippen molar-refractivity contribution in [3.05, 3.63) is 69.9 Å². The number of non-ortho nitro benzene ring substituents is 1. The van der Waals surface area contributed by atoms with E-state index in [0.717, 1.165) is 11.4 Å². The molecule has 4 rings (SSSR count). The minimum absolute atomic E-state index is 0.0644. The van der Waals surface area contributed by atoms with Crippen LogP contribution in [-0.4, -0.2) is 66.4 Å². The molecule has 0 N–H and O–H groups in total. The average molecular weight is 436 g/mol. The predicted octanol–water partition coefficient (Wildman–Crippen LogP) is 2.53. The van der Waals surface area contributed by atoms with Gasteiger partial charge in [0.2, 0.25) is 0 Å². The van der Waals surface area contributed by atoms with E-state index in [4.69, 9.17) is 4.74 Å². The third-order valence-corrected chi connectivity index (χ3v) is 5.85. The van der Waals surface area contributed by atoms with Crippen molar-refractivity contribution >= 4 is 28.8 Å². The predicted molar refractivity (Wildman–Crippen MR) is 119 cm³/mol. The normalized spacial score (nSPS) is 16.8. The quantitative estimate of drug-likeness (QED) is 0.390. The van der Waals surface area contributed by atoms with E-state index in [-0.39, 0.29) is 24.0 Å². The third kappa shape index (κ3) is 3.66. The number of para-hydroxylation sites is 2. The van der Waals surface area contributed by atoms with E-state index in [2.05, 4.69) is 4.90 Å². The van der Waals surface area contributed by atoms with Crippen molar-refractivity contribution in [2.24, 2.45) is 0 Å². The van der Waals surface area contributed by atoms with Crippen LogP contribution in [0.4, 0.5) is 11.4 Å². The number of rotatable bonds is 6. The summed E-state index contributed by atoms with van der Waals surface area (Å²) in [6.45, 7) is 4.45. The second-order valence-electron chi connectivity index (χ2n) is 7.53. The highest BCUT2D eigenvalue weighted by Crippen LogP contribution is 2.34. The molecule has 0 unspecified atom stereocenters. The molecule has 2 aliphatic rings. The number of methoxy groups -OCH3 is 1. The second kappa shape index (κ2) is 8.70. The number of likely N-dealkylation sites (N-methyl/N-ethyl adjacent to an activating group) is 1. The highest BCUT2D eigenvalue weighted by molar-refractivity contribution is 6.35. The van der Waals surface area contributed by atoms with Gasteiger partial charge in [-0.15, -0.1) is 0 Å². The summed E-state index contributed by atoms with van der Waals surface area (Å²) in [6, 6.07) is 13.6. The molecule has 32 heavy (non-hydrogen) atoms. The summed E-state index contributed by atoms with van der Waals surface area (Å²) in [4.78, 5) is 42.0. The maximum Gasteiger partial charge on any atom is 0.277 e. The Bertz CT molecular complexity index is 1090. The van der Waals surface area contributed by atoms with Gasteiger partial charge in [0.15, 0.2) is 0 Å². The lowest BCUT2D eigenvalue weighted by Gasteiger charge is -2.38. The van der Waals surface area contributed by atoms with Crippen molar-refractivity contribution in [3.63, 3.8) is 0 Å². The lowest BCUT2D eigenvalue weighted by Crippen LogP contribution is -2.47. The van der Waals surface area contributed by atoms with Gasteiger partial charge in [0.25, 0.3) is 17.5 Å². The van der Waals surface area contributed by atoms with Crippen molar-refractivity contribution < 1.29 is 19.2 Å². The van der Waals surface area contributed by atoms with Crippen molar-refractivity contribution in [1.82, 2.24) is 9.80 Å². The first-order valence-corrected chi connectivity index (χ1v) is 10.4. The molecule has 2 aromatic carbocycles. The van der Waals surface area contributed by atoms with Gasteiger partial charge in [-0.05, 0) is 36.8 Å². The zero-order valence-electron chi connectivity index (χ0n) is 18.0. The van der Waals surface area contributed by atoms with Crippen LogP contribution in [0.3, 0.4) is 0 Å². The van der Waals surface area contributed by atoms with Crippen molar-refractivity contribution in [2.45, 2.75) is 6.92 Å². The molecule has 0 spiro atoms. The van der Waals surface area contributed by atoms with Gasteiger partial charge in [-0.1, -0.05) is 12.1 Å². The van der Waals surface area contributed by atoms with Crippen LogP contribution in [0.5, 0.6) is 5.75 Å². The van der Waals surface area contributed by atoms with Crippen LogP contribution in [0, 0.1) is 10.1 Å². The Labute approximate surface area is 185 Å².